The minimum atomic E-state index is -0.426. The fraction of sp³-hybridized carbons (Fsp3) is 0.182. The van der Waals surface area contributed by atoms with Gasteiger partial charge in [0.15, 0.2) is 11.5 Å². The van der Waals surface area contributed by atoms with E-state index in [1.807, 2.05) is 0 Å². The van der Waals surface area contributed by atoms with Crippen molar-refractivity contribution in [3.05, 3.63) is 80.1 Å². The van der Waals surface area contributed by atoms with Gasteiger partial charge in [-0.1, -0.05) is 23.7 Å². The van der Waals surface area contributed by atoms with E-state index in [9.17, 15) is 19.8 Å². The molecule has 0 heterocycles. The van der Waals surface area contributed by atoms with Crippen LogP contribution in [-0.2, 0) is 0 Å². The third-order valence-electron chi connectivity index (χ3n) is 3.49. The average molecular weight is 346 g/mol. The standard InChI is InChI=1S/C22H18O4/c23-19-13-9-17(10-14-20(19)24)7-5-3-1-2-4-6-8-18-11-15-21(25)22(26)16-12-18/h9-16H,1-4H2,(H,23,24)(H,25,26). The van der Waals surface area contributed by atoms with E-state index in [1.165, 1.54) is 24.3 Å². The number of rotatable bonds is 3. The lowest BCUT2D eigenvalue weighted by Gasteiger charge is -1.89. The van der Waals surface area contributed by atoms with Crippen LogP contribution in [0.3, 0.4) is 0 Å². The number of hydrogen-bond donors (Lipinski definition) is 2. The summed E-state index contributed by atoms with van der Waals surface area (Å²) < 4.78 is 0. The number of aromatic hydroxyl groups is 2. The first-order valence-electron chi connectivity index (χ1n) is 8.21. The lowest BCUT2D eigenvalue weighted by atomic mass is 10.2. The second-order valence-electron chi connectivity index (χ2n) is 5.55. The van der Waals surface area contributed by atoms with Gasteiger partial charge in [-0.05, 0) is 61.4 Å². The third-order valence-corrected chi connectivity index (χ3v) is 3.49. The van der Waals surface area contributed by atoms with E-state index in [-0.39, 0.29) is 11.5 Å². The van der Waals surface area contributed by atoms with Crippen LogP contribution in [0.5, 0.6) is 11.5 Å². The molecule has 26 heavy (non-hydrogen) atoms. The summed E-state index contributed by atoms with van der Waals surface area (Å²) in [5.74, 6) is 11.4. The van der Waals surface area contributed by atoms with Crippen molar-refractivity contribution in [1.82, 2.24) is 0 Å². The summed E-state index contributed by atoms with van der Waals surface area (Å²) in [6, 6.07) is 11.7. The molecule has 0 radical (unpaired) electrons. The van der Waals surface area contributed by atoms with E-state index >= 15 is 0 Å². The third kappa shape index (κ3) is 6.19. The molecule has 0 aromatic heterocycles. The molecule has 0 fully saturated rings. The topological polar surface area (TPSA) is 74.6 Å². The number of hydrogen-bond acceptors (Lipinski definition) is 4. The van der Waals surface area contributed by atoms with Crippen LogP contribution in [0.25, 0.3) is 0 Å². The Morgan fingerprint density at radius 1 is 0.615 bits per heavy atom. The first-order valence-corrected chi connectivity index (χ1v) is 8.21. The van der Waals surface area contributed by atoms with Crippen molar-refractivity contribution in [2.45, 2.75) is 25.7 Å². The fourth-order valence-corrected chi connectivity index (χ4v) is 2.04. The van der Waals surface area contributed by atoms with E-state index in [1.54, 1.807) is 24.3 Å². The van der Waals surface area contributed by atoms with Gasteiger partial charge in [0, 0.05) is 24.0 Å². The molecule has 0 atom stereocenters. The normalized spacial score (nSPS) is 9.38. The Balaban J connectivity index is 1.79. The van der Waals surface area contributed by atoms with E-state index in [0.717, 1.165) is 12.8 Å². The van der Waals surface area contributed by atoms with Gasteiger partial charge >= 0.3 is 0 Å². The lowest BCUT2D eigenvalue weighted by Crippen LogP contribution is -1.91. The van der Waals surface area contributed by atoms with Crippen LogP contribution < -0.4 is 10.9 Å². The SMILES string of the molecule is O=c1ccc(C#CCCCCC#Cc2ccc(O)c(=O)cc2)ccc1O. The van der Waals surface area contributed by atoms with Gasteiger partial charge in [0.05, 0.1) is 0 Å². The van der Waals surface area contributed by atoms with Crippen molar-refractivity contribution >= 4 is 0 Å². The molecule has 4 heteroatoms. The van der Waals surface area contributed by atoms with Crippen molar-refractivity contribution < 1.29 is 10.2 Å². The van der Waals surface area contributed by atoms with Crippen LogP contribution in [-0.4, -0.2) is 10.2 Å². The van der Waals surface area contributed by atoms with Crippen molar-refractivity contribution in [1.29, 1.82) is 0 Å². The van der Waals surface area contributed by atoms with Crippen molar-refractivity contribution in [3.63, 3.8) is 0 Å². The van der Waals surface area contributed by atoms with Gasteiger partial charge in [-0.3, -0.25) is 9.59 Å². The summed E-state index contributed by atoms with van der Waals surface area (Å²) in [6.07, 6.45) is 3.22. The Morgan fingerprint density at radius 2 is 1.00 bits per heavy atom. The molecule has 2 aromatic rings. The molecule has 0 spiro atoms. The molecule has 2 N–H and O–H groups in total. The Morgan fingerprint density at radius 3 is 1.42 bits per heavy atom. The molecule has 0 unspecified atom stereocenters. The second kappa shape index (κ2) is 9.71. The van der Waals surface area contributed by atoms with Crippen LogP contribution in [0.4, 0.5) is 0 Å². The molecule has 0 bridgehead atoms. The maximum Gasteiger partial charge on any atom is 0.220 e. The highest BCUT2D eigenvalue weighted by molar-refractivity contribution is 5.36. The highest BCUT2D eigenvalue weighted by Crippen LogP contribution is 2.03. The summed E-state index contributed by atoms with van der Waals surface area (Å²) in [5, 5.41) is 18.6. The Kier molecular flexibility index (Phi) is 7.04. The fourth-order valence-electron chi connectivity index (χ4n) is 2.04. The van der Waals surface area contributed by atoms with Crippen LogP contribution in [0.15, 0.2) is 58.1 Å². The Bertz CT molecular complexity index is 933. The maximum atomic E-state index is 11.3. The van der Waals surface area contributed by atoms with Crippen LogP contribution in [0, 0.1) is 23.7 Å². The van der Waals surface area contributed by atoms with Crippen LogP contribution in [0.1, 0.15) is 36.8 Å². The minimum absolute atomic E-state index is 0.287. The molecule has 0 aliphatic heterocycles. The Labute approximate surface area is 151 Å². The van der Waals surface area contributed by atoms with Crippen molar-refractivity contribution in [3.8, 4) is 35.2 Å². The average Bonchev–Trinajstić information content (AvgIpc) is 2.89. The van der Waals surface area contributed by atoms with Crippen molar-refractivity contribution in [2.75, 3.05) is 0 Å². The largest absolute Gasteiger partial charge is 0.504 e. The van der Waals surface area contributed by atoms with E-state index in [2.05, 4.69) is 23.7 Å². The van der Waals surface area contributed by atoms with Crippen LogP contribution >= 0.6 is 0 Å². The Hall–Kier alpha value is -3.50. The molecular weight excluding hydrogens is 328 g/mol. The van der Waals surface area contributed by atoms with E-state index in [4.69, 9.17) is 0 Å². The van der Waals surface area contributed by atoms with Gasteiger partial charge in [-0.25, -0.2) is 0 Å². The zero-order valence-corrected chi connectivity index (χ0v) is 14.2. The summed E-state index contributed by atoms with van der Waals surface area (Å²) >= 11 is 0. The summed E-state index contributed by atoms with van der Waals surface area (Å²) in [6.45, 7) is 0. The molecule has 2 rings (SSSR count). The second-order valence-corrected chi connectivity index (χ2v) is 5.55. The molecule has 0 amide bonds. The molecule has 0 aliphatic carbocycles. The van der Waals surface area contributed by atoms with E-state index in [0.29, 0.717) is 24.0 Å². The van der Waals surface area contributed by atoms with Gasteiger partial charge < -0.3 is 10.2 Å². The number of unbranched alkanes of at least 4 members (excludes halogenated alkanes) is 3. The molecule has 0 saturated carbocycles. The molecule has 2 aromatic carbocycles. The quantitative estimate of drug-likeness (QED) is 0.662. The summed E-state index contributed by atoms with van der Waals surface area (Å²) in [5.41, 5.74) is 0.510. The smallest absolute Gasteiger partial charge is 0.220 e. The molecule has 4 nitrogen and oxygen atoms in total. The van der Waals surface area contributed by atoms with Crippen molar-refractivity contribution in [2.24, 2.45) is 0 Å². The molecule has 0 aliphatic rings. The highest BCUT2D eigenvalue weighted by Gasteiger charge is 1.93. The zero-order chi connectivity index (χ0) is 18.8. The molecule has 0 saturated heterocycles. The molecule has 130 valence electrons. The predicted molar refractivity (Wildman–Crippen MR) is 101 cm³/mol. The van der Waals surface area contributed by atoms with Crippen LogP contribution in [0.2, 0.25) is 0 Å². The molecular formula is C22H18O4. The highest BCUT2D eigenvalue weighted by atomic mass is 16.3. The first kappa shape index (κ1) is 18.8. The monoisotopic (exact) mass is 346 g/mol. The summed E-state index contributed by atoms with van der Waals surface area (Å²) in [4.78, 5) is 22.5. The van der Waals surface area contributed by atoms with Gasteiger partial charge in [-0.15, -0.1) is 0 Å². The maximum absolute atomic E-state index is 11.3. The van der Waals surface area contributed by atoms with Gasteiger partial charge in [0.2, 0.25) is 10.9 Å². The van der Waals surface area contributed by atoms with Gasteiger partial charge in [0.1, 0.15) is 0 Å². The lowest BCUT2D eigenvalue weighted by molar-refractivity contribution is 0.470. The van der Waals surface area contributed by atoms with Gasteiger partial charge in [-0.2, -0.15) is 0 Å². The minimum Gasteiger partial charge on any atom is -0.504 e. The predicted octanol–water partition coefficient (Wildman–Crippen LogP) is 2.78. The summed E-state index contributed by atoms with van der Waals surface area (Å²) in [7, 11) is 0. The van der Waals surface area contributed by atoms with E-state index < -0.39 is 10.9 Å². The van der Waals surface area contributed by atoms with Gasteiger partial charge in [0.25, 0.3) is 0 Å². The zero-order valence-electron chi connectivity index (χ0n) is 14.2. The first-order chi connectivity index (χ1) is 12.6.